The molecule has 1 aromatic heterocycles. The van der Waals surface area contributed by atoms with Crippen molar-refractivity contribution in [1.29, 1.82) is 0 Å². The molecule has 0 fully saturated rings. The third-order valence-electron chi connectivity index (χ3n) is 2.85. The highest BCUT2D eigenvalue weighted by atomic mass is 35.5. The average Bonchev–Trinajstić information content (AvgIpc) is 2.81. The fourth-order valence-electron chi connectivity index (χ4n) is 1.90. The highest BCUT2D eigenvalue weighted by Gasteiger charge is 2.17. The van der Waals surface area contributed by atoms with Crippen molar-refractivity contribution in [3.63, 3.8) is 0 Å². The molecular formula is C14H17ClN2O2. The van der Waals surface area contributed by atoms with Gasteiger partial charge in [-0.25, -0.2) is 0 Å². The van der Waals surface area contributed by atoms with Gasteiger partial charge in [-0.15, -0.1) is 0 Å². The zero-order chi connectivity index (χ0) is 13.7. The van der Waals surface area contributed by atoms with Gasteiger partial charge in [0.25, 0.3) is 0 Å². The van der Waals surface area contributed by atoms with E-state index in [4.69, 9.17) is 16.3 Å². The minimum absolute atomic E-state index is 0.427. The monoisotopic (exact) mass is 280 g/mol. The van der Waals surface area contributed by atoms with Crippen LogP contribution >= 0.6 is 11.6 Å². The maximum atomic E-state index is 10.2. The lowest BCUT2D eigenvalue weighted by atomic mass is 10.2. The number of nitrogens with zero attached hydrogens (tertiary/aromatic N) is 2. The first-order valence-corrected chi connectivity index (χ1v) is 6.67. The van der Waals surface area contributed by atoms with E-state index in [9.17, 15) is 5.11 Å². The van der Waals surface area contributed by atoms with Gasteiger partial charge < -0.3 is 9.84 Å². The Morgan fingerprint density at radius 1 is 1.37 bits per heavy atom. The van der Waals surface area contributed by atoms with E-state index in [-0.39, 0.29) is 0 Å². The second-order valence-electron chi connectivity index (χ2n) is 4.16. The molecule has 0 saturated heterocycles. The molecule has 1 aromatic carbocycles. The van der Waals surface area contributed by atoms with Crippen LogP contribution in [0.5, 0.6) is 5.75 Å². The Labute approximate surface area is 117 Å². The van der Waals surface area contributed by atoms with Crippen LogP contribution < -0.4 is 4.74 Å². The number of hydrogen-bond acceptors (Lipinski definition) is 3. The van der Waals surface area contributed by atoms with Crippen molar-refractivity contribution >= 4 is 11.6 Å². The highest BCUT2D eigenvalue weighted by Crippen LogP contribution is 2.25. The number of rotatable bonds is 6. The van der Waals surface area contributed by atoms with Crippen molar-refractivity contribution in [3.8, 4) is 5.75 Å². The first-order chi connectivity index (χ1) is 9.22. The van der Waals surface area contributed by atoms with E-state index in [0.29, 0.717) is 30.3 Å². The number of para-hydroxylation sites is 1. The Morgan fingerprint density at radius 2 is 2.11 bits per heavy atom. The molecule has 0 aliphatic heterocycles. The van der Waals surface area contributed by atoms with Crippen LogP contribution in [0.3, 0.4) is 0 Å². The zero-order valence-corrected chi connectivity index (χ0v) is 11.5. The number of halogens is 1. The third kappa shape index (κ3) is 3.49. The number of benzene rings is 1. The molecule has 0 amide bonds. The second kappa shape index (κ2) is 6.59. The van der Waals surface area contributed by atoms with E-state index >= 15 is 0 Å². The van der Waals surface area contributed by atoms with Gasteiger partial charge in [-0.2, -0.15) is 5.10 Å². The molecule has 2 rings (SSSR count). The summed E-state index contributed by atoms with van der Waals surface area (Å²) in [6.07, 6.45) is 1.36. The lowest BCUT2D eigenvalue weighted by Gasteiger charge is -2.13. The summed E-state index contributed by atoms with van der Waals surface area (Å²) in [5.74, 6) is 0.796. The van der Waals surface area contributed by atoms with Crippen molar-refractivity contribution in [1.82, 2.24) is 9.78 Å². The fourth-order valence-corrected chi connectivity index (χ4v) is 2.16. The van der Waals surface area contributed by atoms with Crippen molar-refractivity contribution in [2.24, 2.45) is 0 Å². The standard InChI is InChI=1S/C14H17ClN2O2/c1-2-17-14(12(15)10-16-17)13(18)8-9-19-11-6-4-3-5-7-11/h3-7,10,13,18H,2,8-9H2,1H3. The van der Waals surface area contributed by atoms with Crippen molar-refractivity contribution in [2.45, 2.75) is 26.0 Å². The van der Waals surface area contributed by atoms with Crippen molar-refractivity contribution in [3.05, 3.63) is 47.2 Å². The van der Waals surface area contributed by atoms with Crippen LogP contribution in [0.4, 0.5) is 0 Å². The second-order valence-corrected chi connectivity index (χ2v) is 4.57. The Bertz CT molecular complexity index is 513. The van der Waals surface area contributed by atoms with E-state index < -0.39 is 6.10 Å². The van der Waals surface area contributed by atoms with Gasteiger partial charge in [-0.05, 0) is 19.1 Å². The normalized spacial score (nSPS) is 12.4. The van der Waals surface area contributed by atoms with Crippen LogP contribution in [0.2, 0.25) is 5.02 Å². The maximum absolute atomic E-state index is 10.2. The van der Waals surface area contributed by atoms with Crippen LogP contribution in [0.1, 0.15) is 25.1 Å². The van der Waals surface area contributed by atoms with E-state index in [1.54, 1.807) is 10.9 Å². The van der Waals surface area contributed by atoms with Crippen LogP contribution in [0, 0.1) is 0 Å². The largest absolute Gasteiger partial charge is 0.493 e. The minimum Gasteiger partial charge on any atom is -0.493 e. The number of ether oxygens (including phenoxy) is 1. The molecule has 0 saturated carbocycles. The molecule has 1 heterocycles. The molecule has 0 radical (unpaired) electrons. The number of aliphatic hydroxyl groups is 1. The lowest BCUT2D eigenvalue weighted by molar-refractivity contribution is 0.132. The first kappa shape index (κ1) is 13.9. The summed E-state index contributed by atoms with van der Waals surface area (Å²) in [7, 11) is 0. The Morgan fingerprint density at radius 3 is 2.79 bits per heavy atom. The van der Waals surface area contributed by atoms with Crippen LogP contribution in [0.25, 0.3) is 0 Å². The van der Waals surface area contributed by atoms with Crippen LogP contribution in [-0.2, 0) is 6.54 Å². The number of aliphatic hydroxyl groups excluding tert-OH is 1. The topological polar surface area (TPSA) is 47.3 Å². The van der Waals surface area contributed by atoms with Crippen LogP contribution in [0.15, 0.2) is 36.5 Å². The molecule has 2 aromatic rings. The molecule has 1 unspecified atom stereocenters. The van der Waals surface area contributed by atoms with Gasteiger partial charge in [-0.3, -0.25) is 4.68 Å². The zero-order valence-electron chi connectivity index (χ0n) is 10.8. The number of hydrogen-bond donors (Lipinski definition) is 1. The Hall–Kier alpha value is -1.52. The Kier molecular flexibility index (Phi) is 4.82. The maximum Gasteiger partial charge on any atom is 0.119 e. The first-order valence-electron chi connectivity index (χ1n) is 6.29. The van der Waals surface area contributed by atoms with Crippen molar-refractivity contribution < 1.29 is 9.84 Å². The number of aromatic nitrogens is 2. The van der Waals surface area contributed by atoms with Gasteiger partial charge >= 0.3 is 0 Å². The summed E-state index contributed by atoms with van der Waals surface area (Å²) in [6, 6.07) is 9.52. The van der Waals surface area contributed by atoms with Crippen molar-refractivity contribution in [2.75, 3.05) is 6.61 Å². The van der Waals surface area contributed by atoms with E-state index in [1.807, 2.05) is 37.3 Å². The summed E-state index contributed by atoms with van der Waals surface area (Å²) >= 11 is 6.03. The summed E-state index contributed by atoms with van der Waals surface area (Å²) in [5.41, 5.74) is 0.654. The van der Waals surface area contributed by atoms with Gasteiger partial charge in [-0.1, -0.05) is 29.8 Å². The molecule has 1 atom stereocenters. The van der Waals surface area contributed by atoms with Gasteiger partial charge in [0, 0.05) is 13.0 Å². The van der Waals surface area contributed by atoms with Gasteiger partial charge in [0.2, 0.25) is 0 Å². The van der Waals surface area contributed by atoms with Crippen LogP contribution in [-0.4, -0.2) is 21.5 Å². The quantitative estimate of drug-likeness (QED) is 0.885. The minimum atomic E-state index is -0.668. The molecule has 0 aliphatic rings. The molecule has 0 spiro atoms. The SMILES string of the molecule is CCn1ncc(Cl)c1C(O)CCOc1ccccc1. The molecule has 102 valence electrons. The fraction of sp³-hybridized carbons (Fsp3) is 0.357. The van der Waals surface area contributed by atoms with Gasteiger partial charge in [0.1, 0.15) is 11.9 Å². The van der Waals surface area contributed by atoms with E-state index in [2.05, 4.69) is 5.10 Å². The molecule has 0 aliphatic carbocycles. The van der Waals surface area contributed by atoms with E-state index in [0.717, 1.165) is 5.75 Å². The molecule has 5 heteroatoms. The highest BCUT2D eigenvalue weighted by molar-refractivity contribution is 6.31. The molecular weight excluding hydrogens is 264 g/mol. The molecule has 19 heavy (non-hydrogen) atoms. The van der Waals surface area contributed by atoms with Gasteiger partial charge in [0.15, 0.2) is 0 Å². The lowest BCUT2D eigenvalue weighted by Crippen LogP contribution is -2.11. The average molecular weight is 281 g/mol. The summed E-state index contributed by atoms with van der Waals surface area (Å²) < 4.78 is 7.26. The smallest absolute Gasteiger partial charge is 0.119 e. The molecule has 0 bridgehead atoms. The Balaban J connectivity index is 1.91. The van der Waals surface area contributed by atoms with E-state index in [1.165, 1.54) is 0 Å². The summed E-state index contributed by atoms with van der Waals surface area (Å²) in [6.45, 7) is 3.06. The predicted molar refractivity (Wildman–Crippen MR) is 74.4 cm³/mol. The van der Waals surface area contributed by atoms with Gasteiger partial charge in [0.05, 0.1) is 23.5 Å². The third-order valence-corrected chi connectivity index (χ3v) is 3.14. The number of aryl methyl sites for hydroxylation is 1. The molecule has 1 N–H and O–H groups in total. The summed E-state index contributed by atoms with van der Waals surface area (Å²) in [5, 5.41) is 14.8. The summed E-state index contributed by atoms with van der Waals surface area (Å²) in [4.78, 5) is 0. The molecule has 4 nitrogen and oxygen atoms in total. The predicted octanol–water partition coefficient (Wildman–Crippen LogP) is 3.06.